The van der Waals surface area contributed by atoms with Crippen molar-refractivity contribution < 1.29 is 0 Å². The summed E-state index contributed by atoms with van der Waals surface area (Å²) in [6, 6.07) is 10.1. The first-order chi connectivity index (χ1) is 12.8. The van der Waals surface area contributed by atoms with Crippen molar-refractivity contribution in [1.82, 2.24) is 19.3 Å². The molecule has 0 atom stereocenters. The van der Waals surface area contributed by atoms with Gasteiger partial charge in [0.1, 0.15) is 17.6 Å². The molecule has 0 spiro atoms. The molecule has 3 aromatic rings. The van der Waals surface area contributed by atoms with Gasteiger partial charge in [0.25, 0.3) is 5.56 Å². The van der Waals surface area contributed by atoms with E-state index in [1.807, 2.05) is 22.8 Å². The minimum atomic E-state index is -0.188. The highest BCUT2D eigenvalue weighted by Crippen LogP contribution is 2.24. The van der Waals surface area contributed by atoms with E-state index in [4.69, 9.17) is 11.4 Å². The summed E-state index contributed by atoms with van der Waals surface area (Å²) < 4.78 is 3.35. The largest absolute Gasteiger partial charge is 0.342 e. The van der Waals surface area contributed by atoms with E-state index in [0.29, 0.717) is 17.6 Å². The second-order valence-corrected chi connectivity index (χ2v) is 6.58. The Morgan fingerprint density at radius 1 is 1.12 bits per heavy atom. The standard InChI is InChI=1S/C20H21N5O/c1-2-11-25-19(26)18-17(14-21-25)22-20(23-12-7-4-8-13-23)24(18)15-16-9-5-3-6-10-16/h1,3,5-6,9-10,14H,4,7-8,11-13,15H2. The quantitative estimate of drug-likeness (QED) is 0.680. The normalized spacial score (nSPS) is 14.5. The fraction of sp³-hybridized carbons (Fsp3) is 0.350. The average molecular weight is 347 g/mol. The van der Waals surface area contributed by atoms with Crippen LogP contribution in [0.3, 0.4) is 0 Å². The van der Waals surface area contributed by atoms with E-state index in [1.54, 1.807) is 6.20 Å². The lowest BCUT2D eigenvalue weighted by atomic mass is 10.1. The van der Waals surface area contributed by atoms with Gasteiger partial charge < -0.3 is 9.47 Å². The highest BCUT2D eigenvalue weighted by molar-refractivity contribution is 5.77. The topological polar surface area (TPSA) is 56.0 Å². The second kappa shape index (κ2) is 7.04. The van der Waals surface area contributed by atoms with Gasteiger partial charge in [0.15, 0.2) is 0 Å². The molecule has 1 aliphatic heterocycles. The molecule has 1 fully saturated rings. The van der Waals surface area contributed by atoms with Gasteiger partial charge in [0.05, 0.1) is 12.7 Å². The number of imidazole rings is 1. The summed E-state index contributed by atoms with van der Waals surface area (Å²) >= 11 is 0. The first-order valence-corrected chi connectivity index (χ1v) is 8.96. The average Bonchev–Trinajstić information content (AvgIpc) is 3.05. The molecule has 6 heteroatoms. The van der Waals surface area contributed by atoms with E-state index in [9.17, 15) is 4.79 Å². The predicted octanol–water partition coefficient (Wildman–Crippen LogP) is 2.26. The maximum Gasteiger partial charge on any atom is 0.293 e. The lowest BCUT2D eigenvalue weighted by molar-refractivity contribution is 0.560. The van der Waals surface area contributed by atoms with Gasteiger partial charge in [-0.05, 0) is 24.8 Å². The third-order valence-electron chi connectivity index (χ3n) is 4.79. The lowest BCUT2D eigenvalue weighted by Gasteiger charge is -2.28. The van der Waals surface area contributed by atoms with Gasteiger partial charge in [0, 0.05) is 13.1 Å². The zero-order chi connectivity index (χ0) is 17.9. The van der Waals surface area contributed by atoms with Gasteiger partial charge in [-0.1, -0.05) is 36.3 Å². The van der Waals surface area contributed by atoms with Crippen LogP contribution in [0.4, 0.5) is 5.95 Å². The Morgan fingerprint density at radius 3 is 2.62 bits per heavy atom. The molecule has 4 rings (SSSR count). The molecule has 0 amide bonds. The van der Waals surface area contributed by atoms with Crippen LogP contribution in [0.1, 0.15) is 24.8 Å². The van der Waals surface area contributed by atoms with E-state index in [-0.39, 0.29) is 12.1 Å². The van der Waals surface area contributed by atoms with E-state index in [2.05, 4.69) is 28.1 Å². The molecule has 3 heterocycles. The summed E-state index contributed by atoms with van der Waals surface area (Å²) in [7, 11) is 0. The van der Waals surface area contributed by atoms with Crippen molar-refractivity contribution >= 4 is 17.0 Å². The number of anilines is 1. The minimum absolute atomic E-state index is 0.157. The summed E-state index contributed by atoms with van der Waals surface area (Å²) in [5, 5.41) is 4.17. The molecule has 1 saturated heterocycles. The number of terminal acetylenes is 1. The van der Waals surface area contributed by atoms with Crippen LogP contribution >= 0.6 is 0 Å². The van der Waals surface area contributed by atoms with Crippen LogP contribution in [0, 0.1) is 12.3 Å². The number of fused-ring (bicyclic) bond motifs is 1. The molecular formula is C20H21N5O. The van der Waals surface area contributed by atoms with Crippen LogP contribution in [0.2, 0.25) is 0 Å². The van der Waals surface area contributed by atoms with Gasteiger partial charge in [0.2, 0.25) is 5.95 Å². The Hall–Kier alpha value is -3.07. The molecule has 2 aromatic heterocycles. The molecule has 132 valence electrons. The first kappa shape index (κ1) is 16.4. The number of hydrogen-bond donors (Lipinski definition) is 0. The maximum atomic E-state index is 13.0. The van der Waals surface area contributed by atoms with Crippen LogP contribution in [-0.4, -0.2) is 32.4 Å². The van der Waals surface area contributed by atoms with Crippen LogP contribution in [0.15, 0.2) is 41.3 Å². The summed E-state index contributed by atoms with van der Waals surface area (Å²) in [6.07, 6.45) is 10.6. The number of piperidine rings is 1. The Bertz CT molecular complexity index is 1010. The molecule has 0 radical (unpaired) electrons. The Labute approximate surface area is 152 Å². The zero-order valence-electron chi connectivity index (χ0n) is 14.6. The van der Waals surface area contributed by atoms with Crippen LogP contribution in [0.5, 0.6) is 0 Å². The van der Waals surface area contributed by atoms with Gasteiger partial charge in [-0.3, -0.25) is 4.79 Å². The monoisotopic (exact) mass is 347 g/mol. The van der Waals surface area contributed by atoms with Gasteiger partial charge >= 0.3 is 0 Å². The summed E-state index contributed by atoms with van der Waals surface area (Å²) in [6.45, 7) is 2.68. The number of rotatable bonds is 4. The van der Waals surface area contributed by atoms with E-state index < -0.39 is 0 Å². The fourth-order valence-electron chi connectivity index (χ4n) is 3.52. The summed E-state index contributed by atoms with van der Waals surface area (Å²) in [4.78, 5) is 20.0. The van der Waals surface area contributed by atoms with Crippen LogP contribution in [-0.2, 0) is 13.1 Å². The molecule has 6 nitrogen and oxygen atoms in total. The van der Waals surface area contributed by atoms with Gasteiger partial charge in [-0.2, -0.15) is 5.10 Å². The molecule has 0 bridgehead atoms. The SMILES string of the molecule is C#CCn1ncc2nc(N3CCCCC3)n(Cc3ccccc3)c2c1=O. The van der Waals surface area contributed by atoms with Crippen molar-refractivity contribution in [3.63, 3.8) is 0 Å². The number of hydrogen-bond acceptors (Lipinski definition) is 4. The van der Waals surface area contributed by atoms with E-state index in [1.165, 1.54) is 11.1 Å². The molecule has 1 aliphatic rings. The van der Waals surface area contributed by atoms with Crippen molar-refractivity contribution in [2.45, 2.75) is 32.4 Å². The zero-order valence-corrected chi connectivity index (χ0v) is 14.6. The van der Waals surface area contributed by atoms with Crippen molar-refractivity contribution in [3.05, 3.63) is 52.4 Å². The second-order valence-electron chi connectivity index (χ2n) is 6.58. The molecule has 0 aliphatic carbocycles. The van der Waals surface area contributed by atoms with Crippen molar-refractivity contribution in [1.29, 1.82) is 0 Å². The van der Waals surface area contributed by atoms with E-state index in [0.717, 1.165) is 37.4 Å². The Morgan fingerprint density at radius 2 is 1.88 bits per heavy atom. The number of nitrogens with zero attached hydrogens (tertiary/aromatic N) is 5. The molecule has 0 unspecified atom stereocenters. The third-order valence-corrected chi connectivity index (χ3v) is 4.79. The fourth-order valence-corrected chi connectivity index (χ4v) is 3.52. The smallest absolute Gasteiger partial charge is 0.293 e. The lowest BCUT2D eigenvalue weighted by Crippen LogP contribution is -2.32. The van der Waals surface area contributed by atoms with Crippen molar-refractivity contribution in [3.8, 4) is 12.3 Å². The van der Waals surface area contributed by atoms with Crippen molar-refractivity contribution in [2.75, 3.05) is 18.0 Å². The first-order valence-electron chi connectivity index (χ1n) is 8.96. The molecule has 0 saturated carbocycles. The molecular weight excluding hydrogens is 326 g/mol. The maximum absolute atomic E-state index is 13.0. The third kappa shape index (κ3) is 2.97. The summed E-state index contributed by atoms with van der Waals surface area (Å²) in [5.74, 6) is 3.34. The highest BCUT2D eigenvalue weighted by atomic mass is 16.1. The summed E-state index contributed by atoms with van der Waals surface area (Å²) in [5.41, 5.74) is 2.14. The number of benzene rings is 1. The highest BCUT2D eigenvalue weighted by Gasteiger charge is 2.22. The minimum Gasteiger partial charge on any atom is -0.342 e. The Kier molecular flexibility index (Phi) is 4.44. The van der Waals surface area contributed by atoms with Gasteiger partial charge in [-0.25, -0.2) is 9.67 Å². The number of aromatic nitrogens is 4. The molecule has 1 aromatic carbocycles. The molecule has 26 heavy (non-hydrogen) atoms. The Balaban J connectivity index is 1.89. The van der Waals surface area contributed by atoms with Crippen molar-refractivity contribution in [2.24, 2.45) is 0 Å². The van der Waals surface area contributed by atoms with Crippen LogP contribution in [0.25, 0.3) is 11.0 Å². The van der Waals surface area contributed by atoms with Crippen LogP contribution < -0.4 is 10.5 Å². The van der Waals surface area contributed by atoms with E-state index >= 15 is 0 Å². The molecule has 0 N–H and O–H groups in total. The van der Waals surface area contributed by atoms with Gasteiger partial charge in [-0.15, -0.1) is 6.42 Å². The predicted molar refractivity (Wildman–Crippen MR) is 102 cm³/mol.